The molecule has 0 amide bonds. The molecular weight excluding hydrogens is 176 g/mol. The van der Waals surface area contributed by atoms with Crippen LogP contribution >= 0.6 is 12.6 Å². The number of hydrogen-bond donors (Lipinski definition) is 2. The minimum absolute atomic E-state index is 0.0705. The summed E-state index contributed by atoms with van der Waals surface area (Å²) in [5.74, 6) is 0.111. The van der Waals surface area contributed by atoms with E-state index in [1.165, 1.54) is 6.92 Å². The van der Waals surface area contributed by atoms with Crippen LogP contribution in [0, 0.1) is 0 Å². The average molecular weight is 190 g/mol. The Labute approximate surface area is 77.6 Å². The molecule has 1 N–H and O–H groups in total. The smallest absolute Gasteiger partial charge is 0.188 e. The Morgan fingerprint density at radius 1 is 1.50 bits per heavy atom. The van der Waals surface area contributed by atoms with Crippen LogP contribution in [0.15, 0.2) is 0 Å². The van der Waals surface area contributed by atoms with Crippen molar-refractivity contribution < 1.29 is 14.7 Å². The summed E-state index contributed by atoms with van der Waals surface area (Å²) in [6, 6.07) is 0. The number of carbonyl (C=O) groups is 2. The average Bonchev–Trinajstić information content (AvgIpc) is 1.84. The minimum Gasteiger partial charge on any atom is -0.393 e. The molecule has 1 atom stereocenters. The molecule has 0 saturated carbocycles. The minimum atomic E-state index is -0.644. The molecule has 3 nitrogen and oxygen atoms in total. The second kappa shape index (κ2) is 6.20. The predicted octanol–water partition coefficient (Wildman–Crippen LogP) is 0.953. The van der Waals surface area contributed by atoms with Crippen LogP contribution < -0.4 is 0 Å². The van der Waals surface area contributed by atoms with Crippen LogP contribution in [0.4, 0.5) is 0 Å². The van der Waals surface area contributed by atoms with E-state index in [1.54, 1.807) is 0 Å². The number of thiol groups is 1. The number of carbonyl (C=O) groups excluding carboxylic acids is 2. The van der Waals surface area contributed by atoms with Gasteiger partial charge < -0.3 is 9.90 Å². The fourth-order valence-corrected chi connectivity index (χ4v) is 1.10. The third kappa shape index (κ3) is 7.75. The standard InChI is InChI=1S/C8H14O3S/c1-6(9)3-2-4-7(10)5-8(11)12/h7,10H,2-5H2,1H3,(H,11,12)/t7-/m1/s1. The third-order valence-corrected chi connectivity index (χ3v) is 1.66. The Morgan fingerprint density at radius 3 is 2.50 bits per heavy atom. The van der Waals surface area contributed by atoms with Crippen molar-refractivity contribution in [3.8, 4) is 0 Å². The summed E-state index contributed by atoms with van der Waals surface area (Å²) >= 11 is 3.53. The Bertz CT molecular complexity index is 168. The van der Waals surface area contributed by atoms with E-state index in [-0.39, 0.29) is 17.3 Å². The van der Waals surface area contributed by atoms with E-state index in [9.17, 15) is 9.59 Å². The number of aliphatic hydroxyl groups excluding tert-OH is 1. The van der Waals surface area contributed by atoms with Gasteiger partial charge in [0.1, 0.15) is 5.78 Å². The van der Waals surface area contributed by atoms with Gasteiger partial charge in [-0.25, -0.2) is 0 Å². The first-order chi connectivity index (χ1) is 5.52. The Kier molecular flexibility index (Phi) is 6.02. The number of hydrogen-bond acceptors (Lipinski definition) is 3. The number of ketones is 1. The monoisotopic (exact) mass is 190 g/mol. The van der Waals surface area contributed by atoms with Crippen LogP contribution in [0.25, 0.3) is 0 Å². The second-order valence-corrected chi connectivity index (χ2v) is 3.34. The lowest BCUT2D eigenvalue weighted by molar-refractivity contribution is -0.117. The molecule has 0 aromatic rings. The highest BCUT2D eigenvalue weighted by Crippen LogP contribution is 2.06. The van der Waals surface area contributed by atoms with Gasteiger partial charge in [0.15, 0.2) is 5.12 Å². The van der Waals surface area contributed by atoms with Gasteiger partial charge >= 0.3 is 0 Å². The lowest BCUT2D eigenvalue weighted by atomic mass is 10.1. The zero-order valence-corrected chi connectivity index (χ0v) is 8.01. The second-order valence-electron chi connectivity index (χ2n) is 2.85. The van der Waals surface area contributed by atoms with Gasteiger partial charge in [-0.15, -0.1) is 12.6 Å². The van der Waals surface area contributed by atoms with E-state index >= 15 is 0 Å². The van der Waals surface area contributed by atoms with Gasteiger partial charge in [-0.2, -0.15) is 0 Å². The molecule has 0 aromatic carbocycles. The lowest BCUT2D eigenvalue weighted by Crippen LogP contribution is -2.10. The van der Waals surface area contributed by atoms with Gasteiger partial charge in [0.05, 0.1) is 6.10 Å². The summed E-state index contributed by atoms with van der Waals surface area (Å²) in [5, 5.41) is 8.84. The molecule has 0 aliphatic carbocycles. The van der Waals surface area contributed by atoms with Gasteiger partial charge in [0, 0.05) is 12.8 Å². The molecule has 0 aliphatic rings. The Balaban J connectivity index is 3.37. The lowest BCUT2D eigenvalue weighted by Gasteiger charge is -2.05. The molecule has 0 radical (unpaired) electrons. The fourth-order valence-electron chi connectivity index (χ4n) is 0.890. The van der Waals surface area contributed by atoms with Crippen molar-refractivity contribution >= 4 is 23.5 Å². The maximum Gasteiger partial charge on any atom is 0.188 e. The molecule has 0 aliphatic heterocycles. The molecule has 0 spiro atoms. The molecule has 0 bridgehead atoms. The Morgan fingerprint density at radius 2 is 2.08 bits per heavy atom. The van der Waals surface area contributed by atoms with E-state index in [1.807, 2.05) is 0 Å². The van der Waals surface area contributed by atoms with Gasteiger partial charge in [-0.1, -0.05) is 0 Å². The molecule has 12 heavy (non-hydrogen) atoms. The molecule has 0 saturated heterocycles. The van der Waals surface area contributed by atoms with Crippen LogP contribution in [0.3, 0.4) is 0 Å². The summed E-state index contributed by atoms with van der Waals surface area (Å²) < 4.78 is 0. The summed E-state index contributed by atoms with van der Waals surface area (Å²) in [5.41, 5.74) is 0. The van der Waals surface area contributed by atoms with E-state index in [2.05, 4.69) is 12.6 Å². The summed E-state index contributed by atoms with van der Waals surface area (Å²) in [6.07, 6.45) is 1.02. The van der Waals surface area contributed by atoms with Crippen molar-refractivity contribution in [1.29, 1.82) is 0 Å². The first kappa shape index (κ1) is 11.6. The highest BCUT2D eigenvalue weighted by Gasteiger charge is 2.07. The van der Waals surface area contributed by atoms with E-state index in [4.69, 9.17) is 5.11 Å². The third-order valence-electron chi connectivity index (χ3n) is 1.48. The molecule has 0 aromatic heterocycles. The number of Topliss-reactive ketones (excluding diaryl/α,β-unsaturated/α-hetero) is 1. The normalized spacial score (nSPS) is 12.6. The van der Waals surface area contributed by atoms with Crippen molar-refractivity contribution in [2.75, 3.05) is 0 Å². The first-order valence-electron chi connectivity index (χ1n) is 3.91. The molecule has 4 heteroatoms. The van der Waals surface area contributed by atoms with E-state index in [0.717, 1.165) is 0 Å². The molecular formula is C8H14O3S. The highest BCUT2D eigenvalue weighted by atomic mass is 32.1. The van der Waals surface area contributed by atoms with Crippen LogP contribution in [0.5, 0.6) is 0 Å². The number of rotatable bonds is 6. The van der Waals surface area contributed by atoms with Crippen LogP contribution in [-0.2, 0) is 9.59 Å². The van der Waals surface area contributed by atoms with Gasteiger partial charge in [-0.3, -0.25) is 4.79 Å². The molecule has 0 unspecified atom stereocenters. The largest absolute Gasteiger partial charge is 0.393 e. The van der Waals surface area contributed by atoms with Crippen molar-refractivity contribution in [1.82, 2.24) is 0 Å². The number of aliphatic hydroxyl groups is 1. The molecule has 0 heterocycles. The highest BCUT2D eigenvalue weighted by molar-refractivity contribution is 7.96. The zero-order chi connectivity index (χ0) is 9.56. The van der Waals surface area contributed by atoms with Crippen molar-refractivity contribution in [3.05, 3.63) is 0 Å². The summed E-state index contributed by atoms with van der Waals surface area (Å²) in [6.45, 7) is 1.51. The predicted molar refractivity (Wildman–Crippen MR) is 49.1 cm³/mol. The topological polar surface area (TPSA) is 54.4 Å². The van der Waals surface area contributed by atoms with Crippen LogP contribution in [-0.4, -0.2) is 22.1 Å². The quantitative estimate of drug-likeness (QED) is 0.613. The van der Waals surface area contributed by atoms with Gasteiger partial charge in [-0.05, 0) is 19.8 Å². The van der Waals surface area contributed by atoms with Crippen molar-refractivity contribution in [2.24, 2.45) is 0 Å². The first-order valence-corrected chi connectivity index (χ1v) is 4.36. The SMILES string of the molecule is CC(=O)CCC[C@@H](O)CC(=O)S. The van der Waals surface area contributed by atoms with E-state index < -0.39 is 6.10 Å². The van der Waals surface area contributed by atoms with Crippen LogP contribution in [0.1, 0.15) is 32.6 Å². The fraction of sp³-hybridized carbons (Fsp3) is 0.750. The maximum absolute atomic E-state index is 10.5. The van der Waals surface area contributed by atoms with E-state index in [0.29, 0.717) is 19.3 Å². The van der Waals surface area contributed by atoms with Crippen molar-refractivity contribution in [2.45, 2.75) is 38.7 Å². The van der Waals surface area contributed by atoms with Crippen molar-refractivity contribution in [3.63, 3.8) is 0 Å². The van der Waals surface area contributed by atoms with Crippen LogP contribution in [0.2, 0.25) is 0 Å². The Hall–Kier alpha value is -0.350. The molecule has 70 valence electrons. The maximum atomic E-state index is 10.5. The zero-order valence-electron chi connectivity index (χ0n) is 7.12. The van der Waals surface area contributed by atoms with Gasteiger partial charge in [0.2, 0.25) is 0 Å². The summed E-state index contributed by atoms with van der Waals surface area (Å²) in [7, 11) is 0. The molecule has 0 fully saturated rings. The molecule has 0 rings (SSSR count). The summed E-state index contributed by atoms with van der Waals surface area (Å²) in [4.78, 5) is 20.9. The van der Waals surface area contributed by atoms with Gasteiger partial charge in [0.25, 0.3) is 0 Å².